The van der Waals surface area contributed by atoms with Gasteiger partial charge in [0.05, 0.1) is 6.61 Å². The predicted octanol–water partition coefficient (Wildman–Crippen LogP) is 2.29. The average Bonchev–Trinajstić information content (AvgIpc) is 3.16. The predicted molar refractivity (Wildman–Crippen MR) is 93.4 cm³/mol. The van der Waals surface area contributed by atoms with Crippen LogP contribution in [0.4, 0.5) is 4.79 Å². The number of hydrogen-bond donors (Lipinski definition) is 0. The minimum atomic E-state index is -0.328. The number of nitrogens with zero attached hydrogens (tertiary/aromatic N) is 4. The van der Waals surface area contributed by atoms with Crippen molar-refractivity contribution in [3.8, 4) is 11.3 Å². The molecule has 0 spiro atoms. The molecule has 8 nitrogen and oxygen atoms in total. The number of pyridine rings is 1. The highest BCUT2D eigenvalue weighted by Gasteiger charge is 2.27. The first-order valence-corrected chi connectivity index (χ1v) is 8.62. The van der Waals surface area contributed by atoms with Gasteiger partial charge >= 0.3 is 6.09 Å². The van der Waals surface area contributed by atoms with E-state index in [2.05, 4.69) is 10.1 Å². The molecule has 1 aliphatic heterocycles. The number of aromatic nitrogens is 2. The van der Waals surface area contributed by atoms with Crippen LogP contribution in [0.1, 0.15) is 24.3 Å². The molecule has 2 amide bonds. The van der Waals surface area contributed by atoms with Gasteiger partial charge in [0.1, 0.15) is 0 Å². The second kappa shape index (κ2) is 7.99. The van der Waals surface area contributed by atoms with E-state index < -0.39 is 0 Å². The van der Waals surface area contributed by atoms with E-state index in [9.17, 15) is 9.59 Å². The summed E-state index contributed by atoms with van der Waals surface area (Å²) in [6, 6.07) is 5.24. The van der Waals surface area contributed by atoms with E-state index >= 15 is 0 Å². The lowest BCUT2D eigenvalue weighted by atomic mass is 10.2. The van der Waals surface area contributed by atoms with E-state index in [1.807, 2.05) is 19.9 Å². The molecule has 26 heavy (non-hydrogen) atoms. The molecule has 0 radical (unpaired) electrons. The Bertz CT molecular complexity index is 752. The Morgan fingerprint density at radius 3 is 2.62 bits per heavy atom. The second-order valence-electron chi connectivity index (χ2n) is 6.57. The Morgan fingerprint density at radius 1 is 1.23 bits per heavy atom. The fraction of sp³-hybridized carbons (Fsp3) is 0.444. The summed E-state index contributed by atoms with van der Waals surface area (Å²) in [5.74, 6) is 0.583. The summed E-state index contributed by atoms with van der Waals surface area (Å²) in [6.07, 6.45) is 2.99. The number of hydrogen-bond acceptors (Lipinski definition) is 6. The van der Waals surface area contributed by atoms with Crippen LogP contribution >= 0.6 is 0 Å². The molecule has 1 saturated heterocycles. The first-order chi connectivity index (χ1) is 12.5. The molecule has 0 N–H and O–H groups in total. The van der Waals surface area contributed by atoms with E-state index in [1.54, 1.807) is 34.3 Å². The molecule has 0 aliphatic carbocycles. The van der Waals surface area contributed by atoms with Crippen molar-refractivity contribution in [2.45, 2.75) is 13.8 Å². The normalized spacial score (nSPS) is 14.6. The topological polar surface area (TPSA) is 88.8 Å². The first kappa shape index (κ1) is 17.9. The van der Waals surface area contributed by atoms with E-state index in [4.69, 9.17) is 9.26 Å². The Kier molecular flexibility index (Phi) is 5.50. The first-order valence-electron chi connectivity index (χ1n) is 8.62. The largest absolute Gasteiger partial charge is 0.449 e. The van der Waals surface area contributed by atoms with E-state index in [0.29, 0.717) is 44.5 Å². The number of carbonyl (C=O) groups excluding carboxylic acids is 2. The third kappa shape index (κ3) is 4.19. The van der Waals surface area contributed by atoms with Gasteiger partial charge in [0.25, 0.3) is 5.91 Å². The third-order valence-electron chi connectivity index (χ3n) is 4.04. The van der Waals surface area contributed by atoms with E-state index in [0.717, 1.165) is 5.56 Å². The Hall–Kier alpha value is -2.90. The summed E-state index contributed by atoms with van der Waals surface area (Å²) in [4.78, 5) is 31.9. The summed E-state index contributed by atoms with van der Waals surface area (Å²) in [6.45, 7) is 6.12. The molecule has 0 unspecified atom stereocenters. The van der Waals surface area contributed by atoms with Crippen LogP contribution in [0.25, 0.3) is 11.3 Å². The minimum absolute atomic E-state index is 0.209. The van der Waals surface area contributed by atoms with Crippen LogP contribution in [0, 0.1) is 5.92 Å². The maximum atomic E-state index is 12.6. The maximum Gasteiger partial charge on any atom is 0.409 e. The second-order valence-corrected chi connectivity index (χ2v) is 6.57. The summed E-state index contributed by atoms with van der Waals surface area (Å²) in [7, 11) is 0. The SMILES string of the molecule is CC(C)COC(=O)N1CCN(C(=O)c2cc(-c3cccnc3)on2)CC1. The number of carbonyl (C=O) groups is 2. The maximum absolute atomic E-state index is 12.6. The van der Waals surface area contributed by atoms with Crippen LogP contribution < -0.4 is 0 Å². The Labute approximate surface area is 151 Å². The fourth-order valence-electron chi connectivity index (χ4n) is 2.60. The van der Waals surface area contributed by atoms with Crippen molar-refractivity contribution in [2.75, 3.05) is 32.8 Å². The molecule has 2 aromatic heterocycles. The number of amides is 2. The van der Waals surface area contributed by atoms with Gasteiger partial charge < -0.3 is 19.1 Å². The highest BCUT2D eigenvalue weighted by Crippen LogP contribution is 2.20. The highest BCUT2D eigenvalue weighted by atomic mass is 16.6. The van der Waals surface area contributed by atoms with Crippen molar-refractivity contribution < 1.29 is 18.8 Å². The molecular weight excluding hydrogens is 336 g/mol. The van der Waals surface area contributed by atoms with Gasteiger partial charge in [-0.25, -0.2) is 4.79 Å². The average molecular weight is 358 g/mol. The zero-order valence-corrected chi connectivity index (χ0v) is 14.9. The lowest BCUT2D eigenvalue weighted by molar-refractivity contribution is 0.0528. The van der Waals surface area contributed by atoms with Gasteiger partial charge in [-0.05, 0) is 18.1 Å². The summed E-state index contributed by atoms with van der Waals surface area (Å²) >= 11 is 0. The lowest BCUT2D eigenvalue weighted by Crippen LogP contribution is -2.50. The number of rotatable bonds is 4. The van der Waals surface area contributed by atoms with Gasteiger partial charge in [0, 0.05) is 50.2 Å². The van der Waals surface area contributed by atoms with Crippen molar-refractivity contribution >= 4 is 12.0 Å². The van der Waals surface area contributed by atoms with Crippen LogP contribution in [-0.4, -0.2) is 64.7 Å². The van der Waals surface area contributed by atoms with Gasteiger partial charge in [-0.15, -0.1) is 0 Å². The summed E-state index contributed by atoms with van der Waals surface area (Å²) in [5.41, 5.74) is 1.01. The molecule has 0 bridgehead atoms. The third-order valence-corrected chi connectivity index (χ3v) is 4.04. The van der Waals surface area contributed by atoms with Crippen molar-refractivity contribution in [1.29, 1.82) is 0 Å². The summed E-state index contributed by atoms with van der Waals surface area (Å²) in [5, 5.41) is 3.87. The quantitative estimate of drug-likeness (QED) is 0.833. The van der Waals surface area contributed by atoms with Gasteiger partial charge in [0.2, 0.25) is 0 Å². The molecule has 138 valence electrons. The molecule has 8 heteroatoms. The van der Waals surface area contributed by atoms with E-state index in [1.165, 1.54) is 0 Å². The van der Waals surface area contributed by atoms with Gasteiger partial charge in [-0.3, -0.25) is 9.78 Å². The molecule has 0 aromatic carbocycles. The molecule has 3 rings (SSSR count). The van der Waals surface area contributed by atoms with Crippen LogP contribution in [0.15, 0.2) is 35.1 Å². The van der Waals surface area contributed by atoms with Crippen LogP contribution in [0.3, 0.4) is 0 Å². The monoisotopic (exact) mass is 358 g/mol. The Morgan fingerprint density at radius 2 is 1.96 bits per heavy atom. The molecule has 0 saturated carbocycles. The van der Waals surface area contributed by atoms with Crippen LogP contribution in [0.2, 0.25) is 0 Å². The molecule has 0 atom stereocenters. The van der Waals surface area contributed by atoms with Gasteiger partial charge in [0.15, 0.2) is 11.5 Å². The van der Waals surface area contributed by atoms with Crippen LogP contribution in [-0.2, 0) is 4.74 Å². The van der Waals surface area contributed by atoms with Gasteiger partial charge in [-0.2, -0.15) is 0 Å². The molecular formula is C18H22N4O4. The molecule has 1 aliphatic rings. The molecule has 2 aromatic rings. The van der Waals surface area contributed by atoms with Gasteiger partial charge in [-0.1, -0.05) is 19.0 Å². The standard InChI is InChI=1S/C18H22N4O4/c1-13(2)12-25-18(24)22-8-6-21(7-9-22)17(23)15-10-16(26-20-15)14-4-3-5-19-11-14/h3-5,10-11,13H,6-9,12H2,1-2H3. The smallest absolute Gasteiger partial charge is 0.409 e. The Balaban J connectivity index is 1.56. The highest BCUT2D eigenvalue weighted by molar-refractivity contribution is 5.93. The summed E-state index contributed by atoms with van der Waals surface area (Å²) < 4.78 is 10.5. The van der Waals surface area contributed by atoms with Crippen molar-refractivity contribution in [1.82, 2.24) is 19.9 Å². The molecule has 3 heterocycles. The van der Waals surface area contributed by atoms with Crippen molar-refractivity contribution in [2.24, 2.45) is 5.92 Å². The number of ether oxygens (including phenoxy) is 1. The molecule has 1 fully saturated rings. The number of piperazine rings is 1. The lowest BCUT2D eigenvalue weighted by Gasteiger charge is -2.33. The van der Waals surface area contributed by atoms with Crippen molar-refractivity contribution in [3.63, 3.8) is 0 Å². The zero-order valence-electron chi connectivity index (χ0n) is 14.9. The minimum Gasteiger partial charge on any atom is -0.449 e. The van der Waals surface area contributed by atoms with Crippen molar-refractivity contribution in [3.05, 3.63) is 36.3 Å². The fourth-order valence-corrected chi connectivity index (χ4v) is 2.60. The zero-order chi connectivity index (χ0) is 18.5. The van der Waals surface area contributed by atoms with Crippen LogP contribution in [0.5, 0.6) is 0 Å². The van der Waals surface area contributed by atoms with E-state index in [-0.39, 0.29) is 17.7 Å².